The predicted octanol–water partition coefficient (Wildman–Crippen LogP) is 3.53. The van der Waals surface area contributed by atoms with E-state index in [-0.39, 0.29) is 5.91 Å². The summed E-state index contributed by atoms with van der Waals surface area (Å²) < 4.78 is 1.84. The number of likely N-dealkylation sites (tertiary alicyclic amines) is 1. The van der Waals surface area contributed by atoms with E-state index in [0.29, 0.717) is 11.9 Å². The van der Waals surface area contributed by atoms with E-state index >= 15 is 0 Å². The van der Waals surface area contributed by atoms with Crippen molar-refractivity contribution in [2.75, 3.05) is 27.2 Å². The number of piperidine rings is 1. The van der Waals surface area contributed by atoms with E-state index in [1.54, 1.807) is 0 Å². The van der Waals surface area contributed by atoms with Crippen molar-refractivity contribution in [3.8, 4) is 5.69 Å². The summed E-state index contributed by atoms with van der Waals surface area (Å²) in [6.45, 7) is 3.56. The first-order valence-electron chi connectivity index (χ1n) is 11.0. The van der Waals surface area contributed by atoms with Crippen LogP contribution in [0.3, 0.4) is 0 Å². The molecule has 31 heavy (non-hydrogen) atoms. The average Bonchev–Trinajstić information content (AvgIpc) is 3.22. The molecule has 2 aromatic carbocycles. The summed E-state index contributed by atoms with van der Waals surface area (Å²) in [6, 6.07) is 19.1. The summed E-state index contributed by atoms with van der Waals surface area (Å²) >= 11 is 0. The van der Waals surface area contributed by atoms with Gasteiger partial charge >= 0.3 is 0 Å². The van der Waals surface area contributed by atoms with Crippen LogP contribution in [-0.2, 0) is 12.8 Å². The van der Waals surface area contributed by atoms with Crippen LogP contribution in [0.5, 0.6) is 0 Å². The molecule has 1 amide bonds. The molecule has 0 N–H and O–H groups in total. The van der Waals surface area contributed by atoms with Crippen LogP contribution in [0, 0.1) is 6.92 Å². The summed E-state index contributed by atoms with van der Waals surface area (Å²) in [5.41, 5.74) is 3.35. The second kappa shape index (κ2) is 9.43. The number of carbonyl (C=O) groups is 1. The smallest absolute Gasteiger partial charge is 0.293 e. The van der Waals surface area contributed by atoms with E-state index in [2.05, 4.69) is 55.3 Å². The zero-order valence-electron chi connectivity index (χ0n) is 18.7. The summed E-state index contributed by atoms with van der Waals surface area (Å²) in [7, 11) is 4.21. The molecular weight excluding hydrogens is 386 g/mol. The second-order valence-electron chi connectivity index (χ2n) is 8.58. The van der Waals surface area contributed by atoms with E-state index in [4.69, 9.17) is 4.98 Å². The fourth-order valence-electron chi connectivity index (χ4n) is 4.19. The molecule has 0 aliphatic carbocycles. The maximum atomic E-state index is 13.2. The number of hydrogen-bond acceptors (Lipinski definition) is 4. The van der Waals surface area contributed by atoms with Crippen molar-refractivity contribution < 1.29 is 4.79 Å². The van der Waals surface area contributed by atoms with Gasteiger partial charge in [-0.25, -0.2) is 9.67 Å². The van der Waals surface area contributed by atoms with Crippen molar-refractivity contribution in [1.29, 1.82) is 0 Å². The molecule has 4 rings (SSSR count). The van der Waals surface area contributed by atoms with Crippen LogP contribution in [0.25, 0.3) is 5.69 Å². The minimum absolute atomic E-state index is 0.0652. The Morgan fingerprint density at radius 2 is 1.77 bits per heavy atom. The number of aryl methyl sites for hydroxylation is 3. The molecule has 3 aromatic rings. The molecule has 162 valence electrons. The molecule has 1 aliphatic rings. The van der Waals surface area contributed by atoms with Gasteiger partial charge in [0, 0.05) is 25.6 Å². The quantitative estimate of drug-likeness (QED) is 0.616. The molecule has 1 aliphatic heterocycles. The van der Waals surface area contributed by atoms with Crippen molar-refractivity contribution in [1.82, 2.24) is 24.6 Å². The molecule has 6 nitrogen and oxygen atoms in total. The van der Waals surface area contributed by atoms with Gasteiger partial charge < -0.3 is 9.80 Å². The third-order valence-electron chi connectivity index (χ3n) is 6.07. The monoisotopic (exact) mass is 417 g/mol. The van der Waals surface area contributed by atoms with Gasteiger partial charge in [-0.2, -0.15) is 0 Å². The lowest BCUT2D eigenvalue weighted by Gasteiger charge is -2.34. The van der Waals surface area contributed by atoms with E-state index in [1.165, 1.54) is 5.56 Å². The number of hydrogen-bond donors (Lipinski definition) is 0. The Hall–Kier alpha value is -2.99. The van der Waals surface area contributed by atoms with Crippen LogP contribution >= 0.6 is 0 Å². The molecule has 1 fully saturated rings. The lowest BCUT2D eigenvalue weighted by Crippen LogP contribution is -2.44. The molecule has 0 radical (unpaired) electrons. The third-order valence-corrected chi connectivity index (χ3v) is 6.07. The van der Waals surface area contributed by atoms with E-state index in [1.807, 2.05) is 39.9 Å². The van der Waals surface area contributed by atoms with Gasteiger partial charge in [0.2, 0.25) is 5.82 Å². The highest BCUT2D eigenvalue weighted by molar-refractivity contribution is 5.90. The van der Waals surface area contributed by atoms with Gasteiger partial charge in [0.15, 0.2) is 0 Å². The van der Waals surface area contributed by atoms with E-state index in [9.17, 15) is 4.79 Å². The minimum atomic E-state index is -0.0652. The molecule has 6 heteroatoms. The molecule has 1 saturated heterocycles. The number of carbonyl (C=O) groups excluding carboxylic acids is 1. The normalized spacial score (nSPS) is 14.9. The molecule has 1 aromatic heterocycles. The Bertz CT molecular complexity index is 1020. The van der Waals surface area contributed by atoms with Crippen LogP contribution < -0.4 is 0 Å². The fourth-order valence-corrected chi connectivity index (χ4v) is 4.19. The number of amides is 1. The van der Waals surface area contributed by atoms with Gasteiger partial charge in [0.1, 0.15) is 5.82 Å². The van der Waals surface area contributed by atoms with Gasteiger partial charge in [0.05, 0.1) is 5.69 Å². The van der Waals surface area contributed by atoms with E-state index < -0.39 is 0 Å². The van der Waals surface area contributed by atoms with Crippen LogP contribution in [0.1, 0.15) is 40.4 Å². The average molecular weight is 418 g/mol. The van der Waals surface area contributed by atoms with Crippen LogP contribution in [0.15, 0.2) is 54.6 Å². The minimum Gasteiger partial charge on any atom is -0.336 e. The highest BCUT2D eigenvalue weighted by Crippen LogP contribution is 2.18. The first-order chi connectivity index (χ1) is 15.0. The van der Waals surface area contributed by atoms with Crippen molar-refractivity contribution in [3.63, 3.8) is 0 Å². The van der Waals surface area contributed by atoms with Crippen LogP contribution in [0.4, 0.5) is 0 Å². The number of benzene rings is 2. The zero-order valence-corrected chi connectivity index (χ0v) is 18.7. The molecule has 0 bridgehead atoms. The van der Waals surface area contributed by atoms with Crippen molar-refractivity contribution >= 4 is 5.91 Å². The van der Waals surface area contributed by atoms with E-state index in [0.717, 1.165) is 55.8 Å². The second-order valence-corrected chi connectivity index (χ2v) is 8.58. The molecule has 0 atom stereocenters. The van der Waals surface area contributed by atoms with Crippen LogP contribution in [0.2, 0.25) is 0 Å². The lowest BCUT2D eigenvalue weighted by molar-refractivity contribution is 0.0651. The summed E-state index contributed by atoms with van der Waals surface area (Å²) in [6.07, 6.45) is 3.55. The fraction of sp³-hybridized carbons (Fsp3) is 0.400. The summed E-state index contributed by atoms with van der Waals surface area (Å²) in [4.78, 5) is 22.0. The highest BCUT2D eigenvalue weighted by Gasteiger charge is 2.27. The lowest BCUT2D eigenvalue weighted by atomic mass is 10.0. The van der Waals surface area contributed by atoms with Gasteiger partial charge in [-0.3, -0.25) is 4.79 Å². The van der Waals surface area contributed by atoms with Gasteiger partial charge in [0.25, 0.3) is 5.91 Å². The standard InChI is InChI=1S/C25H31N5O/c1-19-8-7-11-22(18-19)30-23(13-12-20-9-5-4-6-10-20)26-24(27-30)25(31)29-16-14-21(15-17-29)28(2)3/h4-11,18,21H,12-17H2,1-3H3. The van der Waals surface area contributed by atoms with Gasteiger partial charge in [-0.05, 0) is 63.5 Å². The van der Waals surface area contributed by atoms with Crippen molar-refractivity contribution in [3.05, 3.63) is 77.4 Å². The largest absolute Gasteiger partial charge is 0.336 e. The highest BCUT2D eigenvalue weighted by atomic mass is 16.2. The molecule has 0 spiro atoms. The van der Waals surface area contributed by atoms with Gasteiger partial charge in [-0.15, -0.1) is 5.10 Å². The van der Waals surface area contributed by atoms with Crippen molar-refractivity contribution in [2.24, 2.45) is 0 Å². The maximum absolute atomic E-state index is 13.2. The Labute approximate surface area is 184 Å². The molecule has 2 heterocycles. The maximum Gasteiger partial charge on any atom is 0.293 e. The number of nitrogens with zero attached hydrogens (tertiary/aromatic N) is 5. The Morgan fingerprint density at radius 1 is 1.03 bits per heavy atom. The Balaban J connectivity index is 1.57. The Kier molecular flexibility index (Phi) is 6.47. The zero-order chi connectivity index (χ0) is 21.8. The first-order valence-corrected chi connectivity index (χ1v) is 11.0. The summed E-state index contributed by atoms with van der Waals surface area (Å²) in [5, 5.41) is 4.67. The first kappa shape index (κ1) is 21.2. The van der Waals surface area contributed by atoms with Crippen molar-refractivity contribution in [2.45, 2.75) is 38.6 Å². The molecule has 0 saturated carbocycles. The third kappa shape index (κ3) is 5.02. The number of rotatable bonds is 6. The SMILES string of the molecule is Cc1cccc(-n2nc(C(=O)N3CCC(N(C)C)CC3)nc2CCc2ccccc2)c1. The topological polar surface area (TPSA) is 54.3 Å². The predicted molar refractivity (Wildman–Crippen MR) is 123 cm³/mol. The molecule has 0 unspecified atom stereocenters. The van der Waals surface area contributed by atoms with Gasteiger partial charge in [-0.1, -0.05) is 42.5 Å². The number of aromatic nitrogens is 3. The summed E-state index contributed by atoms with van der Waals surface area (Å²) in [5.74, 6) is 1.05. The Morgan fingerprint density at radius 3 is 2.45 bits per heavy atom. The molecular formula is C25H31N5O. The van der Waals surface area contributed by atoms with Crippen LogP contribution in [-0.4, -0.2) is 63.7 Å².